The van der Waals surface area contributed by atoms with Crippen LogP contribution in [0, 0.1) is 0 Å². The smallest absolute Gasteiger partial charge is 0.178 e. The van der Waals surface area contributed by atoms with Crippen LogP contribution in [0.4, 0.5) is 0 Å². The Labute approximate surface area is 108 Å². The van der Waals surface area contributed by atoms with Crippen LogP contribution in [0.3, 0.4) is 0 Å². The van der Waals surface area contributed by atoms with Crippen molar-refractivity contribution in [2.24, 2.45) is 7.05 Å². The van der Waals surface area contributed by atoms with Gasteiger partial charge in [-0.2, -0.15) is 4.80 Å². The molecule has 0 spiro atoms. The highest BCUT2D eigenvalue weighted by Gasteiger charge is 2.25. The van der Waals surface area contributed by atoms with Gasteiger partial charge < -0.3 is 5.11 Å². The average molecular weight is 297 g/mol. The highest BCUT2D eigenvalue weighted by molar-refractivity contribution is 9.10. The summed E-state index contributed by atoms with van der Waals surface area (Å²) in [6.45, 7) is 1.74. The molecule has 2 rings (SSSR count). The van der Waals surface area contributed by atoms with Crippen LogP contribution in [0.5, 0.6) is 0 Å². The van der Waals surface area contributed by atoms with Gasteiger partial charge in [0.05, 0.1) is 12.6 Å². The van der Waals surface area contributed by atoms with E-state index in [0.29, 0.717) is 12.2 Å². The zero-order valence-electron chi connectivity index (χ0n) is 9.63. The number of hydrogen-bond acceptors (Lipinski definition) is 4. The number of hydrogen-bond donors (Lipinski definition) is 1. The number of aromatic nitrogens is 4. The molecule has 1 aromatic carbocycles. The van der Waals surface area contributed by atoms with Crippen molar-refractivity contribution in [2.75, 3.05) is 0 Å². The summed E-state index contributed by atoms with van der Waals surface area (Å²) in [5.41, 5.74) is -0.188. The Morgan fingerprint density at radius 3 is 2.82 bits per heavy atom. The molecule has 6 heteroatoms. The predicted molar refractivity (Wildman–Crippen MR) is 66.2 cm³/mol. The molecule has 0 aliphatic carbocycles. The van der Waals surface area contributed by atoms with Gasteiger partial charge in [-0.25, -0.2) is 0 Å². The monoisotopic (exact) mass is 296 g/mol. The third kappa shape index (κ3) is 2.89. The van der Waals surface area contributed by atoms with Gasteiger partial charge in [-0.15, -0.1) is 10.2 Å². The van der Waals surface area contributed by atoms with Gasteiger partial charge in [0.1, 0.15) is 0 Å². The van der Waals surface area contributed by atoms with Crippen LogP contribution in [0.15, 0.2) is 28.7 Å². The average Bonchev–Trinajstić information content (AvgIpc) is 2.63. The van der Waals surface area contributed by atoms with E-state index in [0.717, 1.165) is 10.0 Å². The van der Waals surface area contributed by atoms with Crippen molar-refractivity contribution in [3.63, 3.8) is 0 Å². The second-order valence-electron chi connectivity index (χ2n) is 4.16. The summed E-state index contributed by atoms with van der Waals surface area (Å²) in [7, 11) is 1.70. The van der Waals surface area contributed by atoms with Gasteiger partial charge in [0.15, 0.2) is 5.82 Å². The minimum absolute atomic E-state index is 0.331. The molecule has 5 nitrogen and oxygen atoms in total. The van der Waals surface area contributed by atoms with E-state index in [9.17, 15) is 5.11 Å². The number of rotatable bonds is 3. The summed E-state index contributed by atoms with van der Waals surface area (Å²) in [6, 6.07) is 7.57. The van der Waals surface area contributed by atoms with E-state index in [4.69, 9.17) is 0 Å². The van der Waals surface area contributed by atoms with E-state index >= 15 is 0 Å². The zero-order valence-corrected chi connectivity index (χ0v) is 11.2. The second kappa shape index (κ2) is 4.54. The molecule has 0 bridgehead atoms. The summed E-state index contributed by atoms with van der Waals surface area (Å²) < 4.78 is 0.933. The number of aliphatic hydroxyl groups is 1. The fourth-order valence-electron chi connectivity index (χ4n) is 1.63. The molecular weight excluding hydrogens is 284 g/mol. The first-order chi connectivity index (χ1) is 7.97. The number of tetrazole rings is 1. The Bertz CT molecular complexity index is 524. The maximum atomic E-state index is 10.4. The molecule has 17 heavy (non-hydrogen) atoms. The molecule has 0 radical (unpaired) electrons. The van der Waals surface area contributed by atoms with Crippen molar-refractivity contribution in [2.45, 2.75) is 18.9 Å². The fraction of sp³-hybridized carbons (Fsp3) is 0.364. The van der Waals surface area contributed by atoms with Crippen molar-refractivity contribution >= 4 is 15.9 Å². The summed E-state index contributed by atoms with van der Waals surface area (Å²) >= 11 is 3.39. The molecule has 0 amide bonds. The van der Waals surface area contributed by atoms with Crippen LogP contribution in [0.25, 0.3) is 0 Å². The van der Waals surface area contributed by atoms with E-state index in [1.54, 1.807) is 14.0 Å². The fourth-order valence-corrected chi connectivity index (χ4v) is 2.03. The number of aryl methyl sites for hydroxylation is 1. The van der Waals surface area contributed by atoms with Crippen molar-refractivity contribution < 1.29 is 5.11 Å². The first kappa shape index (κ1) is 12.2. The van der Waals surface area contributed by atoms with Crippen molar-refractivity contribution in [3.8, 4) is 0 Å². The van der Waals surface area contributed by atoms with E-state index < -0.39 is 5.60 Å². The first-order valence-electron chi connectivity index (χ1n) is 5.19. The molecule has 0 aliphatic heterocycles. The van der Waals surface area contributed by atoms with E-state index in [1.807, 2.05) is 24.3 Å². The van der Waals surface area contributed by atoms with Crippen LogP contribution in [0.2, 0.25) is 0 Å². The summed E-state index contributed by atoms with van der Waals surface area (Å²) in [5.74, 6) is 0.525. The first-order valence-corrected chi connectivity index (χ1v) is 5.98. The zero-order chi connectivity index (χ0) is 12.5. The third-order valence-electron chi connectivity index (χ3n) is 2.50. The predicted octanol–water partition coefficient (Wildman–Crippen LogP) is 1.42. The Balaban J connectivity index is 2.24. The molecule has 0 fully saturated rings. The van der Waals surface area contributed by atoms with Crippen LogP contribution in [0.1, 0.15) is 18.3 Å². The Morgan fingerprint density at radius 1 is 1.47 bits per heavy atom. The molecule has 0 aliphatic rings. The van der Waals surface area contributed by atoms with Crippen LogP contribution >= 0.6 is 15.9 Å². The molecule has 1 N–H and O–H groups in total. The van der Waals surface area contributed by atoms with Crippen LogP contribution in [-0.4, -0.2) is 25.3 Å². The lowest BCUT2D eigenvalue weighted by molar-refractivity contribution is 0.0553. The molecule has 1 heterocycles. The molecule has 1 atom stereocenters. The molecular formula is C11H13BrN4O. The summed E-state index contributed by atoms with van der Waals surface area (Å²) in [5, 5.41) is 22.1. The molecule has 2 aromatic rings. The van der Waals surface area contributed by atoms with Gasteiger partial charge in [0.2, 0.25) is 0 Å². The summed E-state index contributed by atoms with van der Waals surface area (Å²) in [4.78, 5) is 1.38. The van der Waals surface area contributed by atoms with Crippen molar-refractivity contribution in [1.82, 2.24) is 20.2 Å². The number of benzene rings is 1. The Hall–Kier alpha value is -1.27. The van der Waals surface area contributed by atoms with Crippen LogP contribution in [-0.2, 0) is 19.1 Å². The minimum atomic E-state index is -1.01. The Morgan fingerprint density at radius 2 is 2.24 bits per heavy atom. The second-order valence-corrected chi connectivity index (χ2v) is 5.07. The number of halogens is 1. The van der Waals surface area contributed by atoms with Gasteiger partial charge in [-0.05, 0) is 29.8 Å². The third-order valence-corrected chi connectivity index (χ3v) is 2.99. The minimum Gasteiger partial charge on any atom is -0.385 e. The normalized spacial score (nSPS) is 14.6. The molecule has 1 aromatic heterocycles. The maximum Gasteiger partial charge on any atom is 0.178 e. The number of nitrogens with zero attached hydrogens (tertiary/aromatic N) is 4. The standard InChI is InChI=1S/C11H13BrN4O/c1-11(17,7-10-13-15-16(2)14-10)8-4-3-5-9(12)6-8/h3-6,17H,7H2,1-2H3. The SMILES string of the molecule is Cn1nnc(CC(C)(O)c2cccc(Br)c2)n1. The van der Waals surface area contributed by atoms with Gasteiger partial charge in [0.25, 0.3) is 0 Å². The lowest BCUT2D eigenvalue weighted by Gasteiger charge is -2.22. The van der Waals surface area contributed by atoms with Crippen molar-refractivity contribution in [1.29, 1.82) is 0 Å². The lowest BCUT2D eigenvalue weighted by Crippen LogP contribution is -2.25. The Kier molecular flexibility index (Phi) is 3.26. The van der Waals surface area contributed by atoms with Gasteiger partial charge in [-0.1, -0.05) is 28.1 Å². The van der Waals surface area contributed by atoms with Gasteiger partial charge in [-0.3, -0.25) is 0 Å². The van der Waals surface area contributed by atoms with E-state index in [2.05, 4.69) is 31.3 Å². The molecule has 90 valence electrons. The van der Waals surface area contributed by atoms with Gasteiger partial charge >= 0.3 is 0 Å². The quantitative estimate of drug-likeness (QED) is 0.930. The maximum absolute atomic E-state index is 10.4. The van der Waals surface area contributed by atoms with Gasteiger partial charge in [0, 0.05) is 10.9 Å². The molecule has 1 unspecified atom stereocenters. The molecule has 0 saturated carbocycles. The summed E-state index contributed by atoms with van der Waals surface area (Å²) in [6.07, 6.45) is 0.331. The lowest BCUT2D eigenvalue weighted by atomic mass is 9.92. The largest absolute Gasteiger partial charge is 0.385 e. The highest BCUT2D eigenvalue weighted by atomic mass is 79.9. The van der Waals surface area contributed by atoms with E-state index in [1.165, 1.54) is 4.80 Å². The topological polar surface area (TPSA) is 63.8 Å². The van der Waals surface area contributed by atoms with E-state index in [-0.39, 0.29) is 0 Å². The molecule has 0 saturated heterocycles. The highest BCUT2D eigenvalue weighted by Crippen LogP contribution is 2.26. The van der Waals surface area contributed by atoms with Crippen molar-refractivity contribution in [3.05, 3.63) is 40.1 Å². The van der Waals surface area contributed by atoms with Crippen LogP contribution < -0.4 is 0 Å².